The molecule has 0 saturated carbocycles. The summed E-state index contributed by atoms with van der Waals surface area (Å²) < 4.78 is 41.5. The number of nitrogens with two attached hydrogens (primary N) is 1. The van der Waals surface area contributed by atoms with E-state index in [0.717, 1.165) is 17.7 Å². The van der Waals surface area contributed by atoms with Crippen molar-refractivity contribution in [1.29, 1.82) is 0 Å². The van der Waals surface area contributed by atoms with Crippen molar-refractivity contribution in [2.24, 2.45) is 5.73 Å². The normalized spacial score (nSPS) is 12.7. The Morgan fingerprint density at radius 3 is 2.25 bits per heavy atom. The van der Waals surface area contributed by atoms with Crippen molar-refractivity contribution in [2.45, 2.75) is 36.7 Å². The molecular formula is C19H25ClFN3O3S. The van der Waals surface area contributed by atoms with E-state index in [0.29, 0.717) is 0 Å². The van der Waals surface area contributed by atoms with Crippen LogP contribution in [0.15, 0.2) is 59.5 Å². The van der Waals surface area contributed by atoms with Crippen molar-refractivity contribution in [3.63, 3.8) is 0 Å². The molecule has 28 heavy (non-hydrogen) atoms. The van der Waals surface area contributed by atoms with Crippen LogP contribution >= 0.6 is 12.4 Å². The van der Waals surface area contributed by atoms with Gasteiger partial charge in [-0.2, -0.15) is 4.72 Å². The van der Waals surface area contributed by atoms with Crippen molar-refractivity contribution >= 4 is 28.3 Å². The Balaban J connectivity index is 0.00000392. The van der Waals surface area contributed by atoms with Crippen LogP contribution in [0.5, 0.6) is 0 Å². The smallest absolute Gasteiger partial charge is 0.244 e. The number of amides is 1. The highest BCUT2D eigenvalue weighted by Crippen LogP contribution is 2.15. The van der Waals surface area contributed by atoms with Crippen LogP contribution in [0.2, 0.25) is 0 Å². The van der Waals surface area contributed by atoms with Gasteiger partial charge in [0.25, 0.3) is 0 Å². The second kappa shape index (κ2) is 9.97. The van der Waals surface area contributed by atoms with Gasteiger partial charge in [-0.15, -0.1) is 12.4 Å². The number of sulfonamides is 1. The quantitative estimate of drug-likeness (QED) is 0.597. The van der Waals surface area contributed by atoms with Crippen LogP contribution in [-0.4, -0.2) is 32.5 Å². The van der Waals surface area contributed by atoms with Crippen molar-refractivity contribution in [3.8, 4) is 0 Å². The van der Waals surface area contributed by atoms with Crippen LogP contribution in [0.3, 0.4) is 0 Å². The highest BCUT2D eigenvalue weighted by molar-refractivity contribution is 7.89. The van der Waals surface area contributed by atoms with Crippen molar-refractivity contribution in [2.75, 3.05) is 6.54 Å². The number of halogens is 2. The Hall–Kier alpha value is -2.00. The highest BCUT2D eigenvalue weighted by atomic mass is 35.5. The standard InChI is InChI=1S/C19H24FN3O3S.ClH/c1-19(2,21)13-22-18(24)16(12-14-8-4-3-5-9-14)23-27(25,26)17-11-7-6-10-15(17)20;/h3-11,16,23H,12-13,21H2,1-2H3,(H,22,24);1H. The van der Waals surface area contributed by atoms with Gasteiger partial charge in [0, 0.05) is 12.1 Å². The van der Waals surface area contributed by atoms with E-state index < -0.39 is 38.2 Å². The summed E-state index contributed by atoms with van der Waals surface area (Å²) in [6.45, 7) is 3.64. The summed E-state index contributed by atoms with van der Waals surface area (Å²) in [5.41, 5.74) is 5.98. The molecule has 6 nitrogen and oxygen atoms in total. The first kappa shape index (κ1) is 24.0. The minimum absolute atomic E-state index is 0. The molecular weight excluding hydrogens is 405 g/mol. The van der Waals surface area contributed by atoms with Gasteiger partial charge in [0.15, 0.2) is 0 Å². The summed E-state index contributed by atoms with van der Waals surface area (Å²) in [5, 5.41) is 2.65. The molecule has 0 spiro atoms. The van der Waals surface area contributed by atoms with Crippen LogP contribution in [-0.2, 0) is 21.2 Å². The minimum Gasteiger partial charge on any atom is -0.353 e. The first-order valence-electron chi connectivity index (χ1n) is 8.46. The van der Waals surface area contributed by atoms with Gasteiger partial charge < -0.3 is 11.1 Å². The monoisotopic (exact) mass is 429 g/mol. The third-order valence-corrected chi connectivity index (χ3v) is 5.25. The molecule has 2 aromatic carbocycles. The Kier molecular flexibility index (Phi) is 8.56. The van der Waals surface area contributed by atoms with Gasteiger partial charge in [0.05, 0.1) is 0 Å². The van der Waals surface area contributed by atoms with E-state index in [-0.39, 0.29) is 25.4 Å². The number of carbonyl (C=O) groups excluding carboxylic acids is 1. The third-order valence-electron chi connectivity index (χ3n) is 3.74. The number of hydrogen-bond donors (Lipinski definition) is 3. The van der Waals surface area contributed by atoms with Crippen LogP contribution in [0, 0.1) is 5.82 Å². The molecule has 2 aromatic rings. The Morgan fingerprint density at radius 2 is 1.68 bits per heavy atom. The van der Waals surface area contributed by atoms with Crippen LogP contribution < -0.4 is 15.8 Å². The van der Waals surface area contributed by atoms with Gasteiger partial charge in [-0.05, 0) is 38.0 Å². The van der Waals surface area contributed by atoms with Crippen molar-refractivity contribution < 1.29 is 17.6 Å². The number of nitrogens with one attached hydrogen (secondary N) is 2. The molecule has 0 saturated heterocycles. The maximum absolute atomic E-state index is 13.9. The number of benzene rings is 2. The molecule has 9 heteroatoms. The second-order valence-corrected chi connectivity index (χ2v) is 8.68. The van der Waals surface area contributed by atoms with Crippen molar-refractivity contribution in [3.05, 3.63) is 66.0 Å². The average Bonchev–Trinajstić information content (AvgIpc) is 2.59. The Morgan fingerprint density at radius 1 is 1.11 bits per heavy atom. The van der Waals surface area contributed by atoms with E-state index in [9.17, 15) is 17.6 Å². The van der Waals surface area contributed by atoms with Crippen molar-refractivity contribution in [1.82, 2.24) is 10.0 Å². The zero-order chi connectivity index (χ0) is 20.1. The third kappa shape index (κ3) is 7.20. The SMILES string of the molecule is CC(C)(N)CNC(=O)C(Cc1ccccc1)NS(=O)(=O)c1ccccc1F.Cl. The van der Waals surface area contributed by atoms with E-state index in [1.165, 1.54) is 12.1 Å². The summed E-state index contributed by atoms with van der Waals surface area (Å²) >= 11 is 0. The maximum atomic E-state index is 13.9. The molecule has 1 amide bonds. The topological polar surface area (TPSA) is 101 Å². The van der Waals surface area contributed by atoms with Crippen LogP contribution in [0.4, 0.5) is 4.39 Å². The second-order valence-electron chi connectivity index (χ2n) is 7.00. The van der Waals surface area contributed by atoms with Gasteiger partial charge >= 0.3 is 0 Å². The summed E-state index contributed by atoms with van der Waals surface area (Å²) in [4.78, 5) is 12.1. The zero-order valence-electron chi connectivity index (χ0n) is 15.7. The fourth-order valence-electron chi connectivity index (χ4n) is 2.39. The summed E-state index contributed by atoms with van der Waals surface area (Å²) in [6, 6.07) is 12.9. The molecule has 1 atom stereocenters. The summed E-state index contributed by atoms with van der Waals surface area (Å²) in [6.07, 6.45) is 0.116. The van der Waals surface area contributed by atoms with Gasteiger partial charge in [-0.3, -0.25) is 4.79 Å². The number of rotatable bonds is 8. The molecule has 1 unspecified atom stereocenters. The van der Waals surface area contributed by atoms with E-state index in [2.05, 4.69) is 10.0 Å². The van der Waals surface area contributed by atoms with E-state index in [4.69, 9.17) is 5.73 Å². The molecule has 0 bridgehead atoms. The van der Waals surface area contributed by atoms with Crippen LogP contribution in [0.25, 0.3) is 0 Å². The van der Waals surface area contributed by atoms with E-state index in [1.54, 1.807) is 38.1 Å². The molecule has 4 N–H and O–H groups in total. The number of hydrogen-bond acceptors (Lipinski definition) is 4. The fourth-order valence-corrected chi connectivity index (χ4v) is 3.66. The first-order chi connectivity index (χ1) is 12.6. The molecule has 0 aliphatic heterocycles. The molecule has 0 aliphatic carbocycles. The first-order valence-corrected chi connectivity index (χ1v) is 9.94. The van der Waals surface area contributed by atoms with Gasteiger partial charge in [-0.25, -0.2) is 12.8 Å². The summed E-state index contributed by atoms with van der Waals surface area (Å²) in [7, 11) is -4.23. The lowest BCUT2D eigenvalue weighted by Crippen LogP contribution is -2.52. The predicted octanol–water partition coefficient (Wildman–Crippen LogP) is 1.99. The number of carbonyl (C=O) groups is 1. The molecule has 0 aliphatic rings. The highest BCUT2D eigenvalue weighted by Gasteiger charge is 2.28. The lowest BCUT2D eigenvalue weighted by atomic mass is 10.0. The molecule has 0 aromatic heterocycles. The van der Waals surface area contributed by atoms with Crippen LogP contribution in [0.1, 0.15) is 19.4 Å². The average molecular weight is 430 g/mol. The Labute approximate surface area is 171 Å². The Bertz CT molecular complexity index is 887. The lowest BCUT2D eigenvalue weighted by Gasteiger charge is -2.23. The molecule has 2 rings (SSSR count). The zero-order valence-corrected chi connectivity index (χ0v) is 17.3. The molecule has 0 heterocycles. The largest absolute Gasteiger partial charge is 0.353 e. The van der Waals surface area contributed by atoms with Gasteiger partial charge in [0.1, 0.15) is 16.8 Å². The molecule has 154 valence electrons. The molecule has 0 fully saturated rings. The fraction of sp³-hybridized carbons (Fsp3) is 0.316. The van der Waals surface area contributed by atoms with Gasteiger partial charge in [-0.1, -0.05) is 42.5 Å². The maximum Gasteiger partial charge on any atom is 0.244 e. The van der Waals surface area contributed by atoms with E-state index in [1.807, 2.05) is 6.07 Å². The minimum atomic E-state index is -4.23. The van der Waals surface area contributed by atoms with Gasteiger partial charge in [0.2, 0.25) is 15.9 Å². The van der Waals surface area contributed by atoms with E-state index >= 15 is 0 Å². The summed E-state index contributed by atoms with van der Waals surface area (Å²) in [5.74, 6) is -1.41. The molecule has 0 radical (unpaired) electrons. The lowest BCUT2D eigenvalue weighted by molar-refractivity contribution is -0.122. The predicted molar refractivity (Wildman–Crippen MR) is 109 cm³/mol.